The fraction of sp³-hybridized carbons (Fsp3) is 0. The summed E-state index contributed by atoms with van der Waals surface area (Å²) in [6, 6.07) is 26.7. The molecule has 21 heavy (non-hydrogen) atoms. The Morgan fingerprint density at radius 3 is 1.95 bits per heavy atom. The lowest BCUT2D eigenvalue weighted by Gasteiger charge is -2.01. The molecule has 0 atom stereocenters. The molecule has 3 aromatic rings. The summed E-state index contributed by atoms with van der Waals surface area (Å²) in [5.74, 6) is 0. The van der Waals surface area contributed by atoms with Gasteiger partial charge in [-0.1, -0.05) is 70.5 Å². The third-order valence-electron chi connectivity index (χ3n) is 3.21. The second kappa shape index (κ2) is 6.51. The summed E-state index contributed by atoms with van der Waals surface area (Å²) in [5, 5.41) is 0. The van der Waals surface area contributed by atoms with Crippen LogP contribution in [0.15, 0.2) is 88.3 Å². The van der Waals surface area contributed by atoms with Crippen molar-refractivity contribution in [3.8, 4) is 11.1 Å². The third-order valence-corrected chi connectivity index (χ3v) is 3.74. The number of halogens is 1. The van der Waals surface area contributed by atoms with Crippen molar-refractivity contribution in [2.45, 2.75) is 0 Å². The Balaban J connectivity index is 1.77. The van der Waals surface area contributed by atoms with Crippen LogP contribution in [0.1, 0.15) is 5.56 Å². The Hall–Kier alpha value is -2.19. The first-order chi connectivity index (χ1) is 10.3. The molecule has 0 unspecified atom stereocenters. The molecule has 0 aliphatic carbocycles. The van der Waals surface area contributed by atoms with Crippen molar-refractivity contribution < 1.29 is 0 Å². The van der Waals surface area contributed by atoms with Crippen LogP contribution in [0.4, 0.5) is 5.69 Å². The van der Waals surface area contributed by atoms with Crippen LogP contribution in [0.25, 0.3) is 11.1 Å². The zero-order valence-electron chi connectivity index (χ0n) is 11.4. The quantitative estimate of drug-likeness (QED) is 0.531. The van der Waals surface area contributed by atoms with E-state index in [-0.39, 0.29) is 0 Å². The monoisotopic (exact) mass is 335 g/mol. The number of nitrogens with zero attached hydrogens (tertiary/aromatic N) is 1. The summed E-state index contributed by atoms with van der Waals surface area (Å²) in [6.45, 7) is 0. The molecule has 1 nitrogen and oxygen atoms in total. The Bertz CT molecular complexity index is 729. The first-order valence-corrected chi connectivity index (χ1v) is 7.56. The van der Waals surface area contributed by atoms with Gasteiger partial charge < -0.3 is 0 Å². The van der Waals surface area contributed by atoms with Crippen molar-refractivity contribution in [2.75, 3.05) is 0 Å². The fourth-order valence-electron chi connectivity index (χ4n) is 2.07. The molecule has 0 bridgehead atoms. The van der Waals surface area contributed by atoms with Gasteiger partial charge >= 0.3 is 0 Å². The van der Waals surface area contributed by atoms with E-state index >= 15 is 0 Å². The van der Waals surface area contributed by atoms with E-state index in [2.05, 4.69) is 57.3 Å². The van der Waals surface area contributed by atoms with E-state index in [9.17, 15) is 0 Å². The molecule has 0 amide bonds. The maximum atomic E-state index is 4.50. The van der Waals surface area contributed by atoms with Gasteiger partial charge in [-0.3, -0.25) is 4.99 Å². The molecule has 0 N–H and O–H groups in total. The highest BCUT2D eigenvalue weighted by molar-refractivity contribution is 9.10. The Morgan fingerprint density at radius 1 is 0.667 bits per heavy atom. The SMILES string of the molecule is Brc1ccc(C=Nc2ccc(-c3ccccc3)cc2)cc1. The highest BCUT2D eigenvalue weighted by atomic mass is 79.9. The van der Waals surface area contributed by atoms with Crippen molar-refractivity contribution in [2.24, 2.45) is 4.99 Å². The minimum atomic E-state index is 0.956. The van der Waals surface area contributed by atoms with Gasteiger partial charge in [-0.25, -0.2) is 0 Å². The van der Waals surface area contributed by atoms with E-state index in [4.69, 9.17) is 0 Å². The molecule has 0 saturated heterocycles. The van der Waals surface area contributed by atoms with Gasteiger partial charge in [0.05, 0.1) is 5.69 Å². The maximum absolute atomic E-state index is 4.50. The fourth-order valence-corrected chi connectivity index (χ4v) is 2.33. The lowest BCUT2D eigenvalue weighted by atomic mass is 10.1. The molecular formula is C19H14BrN. The first kappa shape index (κ1) is 13.8. The highest BCUT2D eigenvalue weighted by Crippen LogP contribution is 2.22. The minimum absolute atomic E-state index is 0.956. The van der Waals surface area contributed by atoms with Gasteiger partial charge in [-0.2, -0.15) is 0 Å². The van der Waals surface area contributed by atoms with Crippen LogP contribution in [-0.4, -0.2) is 6.21 Å². The molecular weight excluding hydrogens is 322 g/mol. The zero-order chi connectivity index (χ0) is 14.5. The van der Waals surface area contributed by atoms with E-state index in [1.807, 2.05) is 48.7 Å². The molecule has 0 aliphatic rings. The molecule has 0 saturated carbocycles. The largest absolute Gasteiger partial charge is 0.256 e. The van der Waals surface area contributed by atoms with Crippen molar-refractivity contribution in [3.63, 3.8) is 0 Å². The molecule has 102 valence electrons. The van der Waals surface area contributed by atoms with Gasteiger partial charge in [0.15, 0.2) is 0 Å². The first-order valence-electron chi connectivity index (χ1n) is 6.76. The maximum Gasteiger partial charge on any atom is 0.0630 e. The van der Waals surface area contributed by atoms with E-state index < -0.39 is 0 Å². The third kappa shape index (κ3) is 3.67. The summed E-state index contributed by atoms with van der Waals surface area (Å²) < 4.78 is 1.08. The van der Waals surface area contributed by atoms with Gasteiger partial charge in [-0.15, -0.1) is 0 Å². The molecule has 0 radical (unpaired) electrons. The van der Waals surface area contributed by atoms with Crippen molar-refractivity contribution in [1.29, 1.82) is 0 Å². The summed E-state index contributed by atoms with van der Waals surface area (Å²) in [7, 11) is 0. The van der Waals surface area contributed by atoms with Crippen LogP contribution in [0.3, 0.4) is 0 Å². The van der Waals surface area contributed by atoms with Crippen LogP contribution >= 0.6 is 15.9 Å². The number of benzene rings is 3. The molecule has 0 aromatic heterocycles. The smallest absolute Gasteiger partial charge is 0.0630 e. The Labute approximate surface area is 133 Å². The van der Waals surface area contributed by atoms with Gasteiger partial charge in [0.1, 0.15) is 0 Å². The zero-order valence-corrected chi connectivity index (χ0v) is 13.0. The van der Waals surface area contributed by atoms with Gasteiger partial charge in [0.2, 0.25) is 0 Å². The molecule has 3 aromatic carbocycles. The number of hydrogen-bond donors (Lipinski definition) is 0. The predicted molar refractivity (Wildman–Crippen MR) is 93.3 cm³/mol. The van der Waals surface area contributed by atoms with Gasteiger partial charge in [0, 0.05) is 10.7 Å². The van der Waals surface area contributed by atoms with Crippen molar-refractivity contribution in [1.82, 2.24) is 0 Å². The molecule has 0 heterocycles. The van der Waals surface area contributed by atoms with Gasteiger partial charge in [0.25, 0.3) is 0 Å². The highest BCUT2D eigenvalue weighted by Gasteiger charge is 1.96. The number of aliphatic imine (C=N–C) groups is 1. The Morgan fingerprint density at radius 2 is 1.29 bits per heavy atom. The van der Waals surface area contributed by atoms with E-state index in [0.717, 1.165) is 15.7 Å². The average molecular weight is 336 g/mol. The molecule has 0 fully saturated rings. The lowest BCUT2D eigenvalue weighted by Crippen LogP contribution is -1.79. The standard InChI is InChI=1S/C19H14BrN/c20-18-10-6-15(7-11-18)14-21-19-12-8-17(9-13-19)16-4-2-1-3-5-16/h1-14H. The van der Waals surface area contributed by atoms with Crippen LogP contribution in [-0.2, 0) is 0 Å². The summed E-state index contributed by atoms with van der Waals surface area (Å²) in [6.07, 6.45) is 1.88. The van der Waals surface area contributed by atoms with Crippen LogP contribution in [0, 0.1) is 0 Å². The second-order valence-electron chi connectivity index (χ2n) is 4.72. The minimum Gasteiger partial charge on any atom is -0.256 e. The summed E-state index contributed by atoms with van der Waals surface area (Å²) in [4.78, 5) is 4.50. The van der Waals surface area contributed by atoms with E-state index in [1.165, 1.54) is 11.1 Å². The summed E-state index contributed by atoms with van der Waals surface area (Å²) >= 11 is 3.43. The summed E-state index contributed by atoms with van der Waals surface area (Å²) in [5.41, 5.74) is 4.47. The average Bonchev–Trinajstić information content (AvgIpc) is 2.56. The van der Waals surface area contributed by atoms with Crippen LogP contribution in [0.5, 0.6) is 0 Å². The normalized spacial score (nSPS) is 10.9. The molecule has 0 spiro atoms. The molecule has 0 aliphatic heterocycles. The topological polar surface area (TPSA) is 12.4 Å². The predicted octanol–water partition coefficient (Wildman–Crippen LogP) is 5.87. The van der Waals surface area contributed by atoms with Gasteiger partial charge in [-0.05, 0) is 41.0 Å². The Kier molecular flexibility index (Phi) is 4.27. The molecule has 2 heteroatoms. The number of hydrogen-bond acceptors (Lipinski definition) is 1. The van der Waals surface area contributed by atoms with Crippen LogP contribution < -0.4 is 0 Å². The lowest BCUT2D eigenvalue weighted by molar-refractivity contribution is 1.51. The van der Waals surface area contributed by atoms with Crippen molar-refractivity contribution in [3.05, 3.63) is 88.9 Å². The molecule has 3 rings (SSSR count). The second-order valence-corrected chi connectivity index (χ2v) is 5.64. The van der Waals surface area contributed by atoms with Crippen LogP contribution in [0.2, 0.25) is 0 Å². The number of rotatable bonds is 3. The van der Waals surface area contributed by atoms with E-state index in [0.29, 0.717) is 0 Å². The van der Waals surface area contributed by atoms with E-state index in [1.54, 1.807) is 0 Å². The van der Waals surface area contributed by atoms with Crippen molar-refractivity contribution >= 4 is 27.8 Å².